The third-order valence-corrected chi connectivity index (χ3v) is 11.5. The SMILES string of the molecule is CCCCCCCCCCCCCCCCCCOC[C@H](COP(=O)(O)OC[C@H]1O[C@@](C)(c2ccc3c(N)ncnn23)[C@H](O)[C@@H]1O)OCc1ccccc1C#N. The average Bonchev–Trinajstić information content (AvgIpc) is 3.74. The highest BCUT2D eigenvalue weighted by atomic mass is 31.2. The molecule has 0 saturated carbocycles. The molecule has 0 spiro atoms. The third-order valence-electron chi connectivity index (χ3n) is 10.5. The number of ether oxygens (including phenoxy) is 3. The highest BCUT2D eigenvalue weighted by Crippen LogP contribution is 2.46. The van der Waals surface area contributed by atoms with Crippen LogP contribution < -0.4 is 5.73 Å². The first-order valence-corrected chi connectivity index (χ1v) is 22.0. The highest BCUT2D eigenvalue weighted by molar-refractivity contribution is 7.47. The van der Waals surface area contributed by atoms with E-state index in [0.717, 1.165) is 19.3 Å². The molecule has 56 heavy (non-hydrogen) atoms. The van der Waals surface area contributed by atoms with E-state index in [4.69, 9.17) is 29.0 Å². The van der Waals surface area contributed by atoms with Crippen LogP contribution in [0.15, 0.2) is 42.7 Å². The molecule has 0 radical (unpaired) electrons. The number of rotatable bonds is 29. The molecule has 6 atom stereocenters. The van der Waals surface area contributed by atoms with E-state index in [9.17, 15) is 24.9 Å². The summed E-state index contributed by atoms with van der Waals surface area (Å²) in [6.07, 6.45) is 17.0. The monoisotopic (exact) mass is 801 g/mol. The molecule has 1 aliphatic heterocycles. The number of fused-ring (bicyclic) bond motifs is 1. The zero-order chi connectivity index (χ0) is 40.2. The number of anilines is 1. The molecule has 1 unspecified atom stereocenters. The second kappa shape index (κ2) is 24.1. The normalized spacial score (nSPS) is 21.3. The predicted molar refractivity (Wildman–Crippen MR) is 213 cm³/mol. The highest BCUT2D eigenvalue weighted by Gasteiger charge is 2.54. The van der Waals surface area contributed by atoms with Crippen molar-refractivity contribution in [1.29, 1.82) is 5.26 Å². The number of nitrogens with zero attached hydrogens (tertiary/aromatic N) is 4. The molecule has 15 heteroatoms. The van der Waals surface area contributed by atoms with Crippen LogP contribution in [0.2, 0.25) is 0 Å². The number of benzene rings is 1. The largest absolute Gasteiger partial charge is 0.472 e. The summed E-state index contributed by atoms with van der Waals surface area (Å²) in [5.74, 6) is 0.225. The van der Waals surface area contributed by atoms with Gasteiger partial charge in [-0.3, -0.25) is 9.05 Å². The van der Waals surface area contributed by atoms with Gasteiger partial charge in [-0.2, -0.15) is 10.4 Å². The van der Waals surface area contributed by atoms with Crippen molar-refractivity contribution in [2.75, 3.05) is 32.2 Å². The lowest BCUT2D eigenvalue weighted by Crippen LogP contribution is -2.39. The number of aliphatic hydroxyl groups excluding tert-OH is 2. The van der Waals surface area contributed by atoms with Gasteiger partial charge in [-0.25, -0.2) is 14.1 Å². The minimum atomic E-state index is -4.69. The lowest BCUT2D eigenvalue weighted by atomic mass is 9.93. The second-order valence-corrected chi connectivity index (χ2v) is 16.5. The van der Waals surface area contributed by atoms with Crippen molar-refractivity contribution in [3.8, 4) is 6.07 Å². The van der Waals surface area contributed by atoms with Crippen LogP contribution in [-0.4, -0.2) is 80.5 Å². The zero-order valence-electron chi connectivity index (χ0n) is 33.3. The predicted octanol–water partition coefficient (Wildman–Crippen LogP) is 7.52. The van der Waals surface area contributed by atoms with Gasteiger partial charge in [0.25, 0.3) is 0 Å². The van der Waals surface area contributed by atoms with Crippen molar-refractivity contribution < 1.29 is 42.9 Å². The molecule has 1 saturated heterocycles. The molecule has 1 aromatic carbocycles. The number of aromatic nitrogens is 3. The van der Waals surface area contributed by atoms with Crippen LogP contribution in [0.4, 0.5) is 5.82 Å². The van der Waals surface area contributed by atoms with Gasteiger partial charge < -0.3 is 35.1 Å². The van der Waals surface area contributed by atoms with Gasteiger partial charge in [0.05, 0.1) is 43.8 Å². The number of hydrogen-bond acceptors (Lipinski definition) is 12. The van der Waals surface area contributed by atoms with Gasteiger partial charge in [0.1, 0.15) is 41.9 Å². The average molecular weight is 802 g/mol. The molecular weight excluding hydrogens is 737 g/mol. The number of aliphatic hydroxyl groups is 2. The van der Waals surface area contributed by atoms with Gasteiger partial charge in [0, 0.05) is 6.61 Å². The molecule has 14 nitrogen and oxygen atoms in total. The Kier molecular flexibility index (Phi) is 19.7. The molecule has 1 aliphatic rings. The van der Waals surface area contributed by atoms with Gasteiger partial charge >= 0.3 is 7.82 Å². The van der Waals surface area contributed by atoms with Crippen molar-refractivity contribution in [3.63, 3.8) is 0 Å². The van der Waals surface area contributed by atoms with Gasteiger partial charge in [-0.05, 0) is 37.1 Å². The van der Waals surface area contributed by atoms with Crippen LogP contribution in [0.25, 0.3) is 5.52 Å². The summed E-state index contributed by atoms with van der Waals surface area (Å²) in [4.78, 5) is 14.6. The van der Waals surface area contributed by atoms with Gasteiger partial charge in [0.15, 0.2) is 5.82 Å². The molecule has 5 N–H and O–H groups in total. The van der Waals surface area contributed by atoms with E-state index in [-0.39, 0.29) is 25.6 Å². The first kappa shape index (κ1) is 45.7. The lowest BCUT2D eigenvalue weighted by Gasteiger charge is -2.27. The smallest absolute Gasteiger partial charge is 0.387 e. The van der Waals surface area contributed by atoms with E-state index in [1.54, 1.807) is 43.3 Å². The summed E-state index contributed by atoms with van der Waals surface area (Å²) in [6, 6.07) is 12.5. The summed E-state index contributed by atoms with van der Waals surface area (Å²) < 4.78 is 43.0. The van der Waals surface area contributed by atoms with Crippen molar-refractivity contribution in [2.45, 2.75) is 153 Å². The summed E-state index contributed by atoms with van der Waals surface area (Å²) in [5.41, 5.74) is 6.52. The van der Waals surface area contributed by atoms with Crippen LogP contribution in [-0.2, 0) is 40.0 Å². The molecule has 3 aromatic rings. The molecule has 3 heterocycles. The van der Waals surface area contributed by atoms with E-state index in [1.165, 1.54) is 94.3 Å². The molecule has 312 valence electrons. The second-order valence-electron chi connectivity index (χ2n) is 15.0. The summed E-state index contributed by atoms with van der Waals surface area (Å²) in [7, 11) is -4.69. The third kappa shape index (κ3) is 14.1. The van der Waals surface area contributed by atoms with Crippen molar-refractivity contribution in [2.24, 2.45) is 0 Å². The van der Waals surface area contributed by atoms with Gasteiger partial charge in [-0.1, -0.05) is 121 Å². The molecule has 0 bridgehead atoms. The molecule has 1 fully saturated rings. The summed E-state index contributed by atoms with van der Waals surface area (Å²) in [5, 5.41) is 35.5. The molecule has 2 aromatic heterocycles. The van der Waals surface area contributed by atoms with Crippen LogP contribution in [0.1, 0.15) is 133 Å². The van der Waals surface area contributed by atoms with Crippen molar-refractivity contribution >= 4 is 19.2 Å². The molecule has 0 amide bonds. The number of hydrogen-bond donors (Lipinski definition) is 4. The Morgan fingerprint density at radius 1 is 0.929 bits per heavy atom. The molecule has 4 rings (SSSR count). The number of nitrogens with two attached hydrogens (primary N) is 1. The fourth-order valence-electron chi connectivity index (χ4n) is 7.11. The number of nitrogen functional groups attached to an aromatic ring is 1. The van der Waals surface area contributed by atoms with Crippen LogP contribution in [0.5, 0.6) is 0 Å². The van der Waals surface area contributed by atoms with E-state index in [2.05, 4.69) is 23.1 Å². The maximum atomic E-state index is 13.0. The quantitative estimate of drug-likeness (QED) is 0.0397. The lowest BCUT2D eigenvalue weighted by molar-refractivity contribution is -0.0901. The van der Waals surface area contributed by atoms with E-state index < -0.39 is 44.4 Å². The Hall–Kier alpha value is -2.96. The van der Waals surface area contributed by atoms with Gasteiger partial charge in [-0.15, -0.1) is 0 Å². The minimum absolute atomic E-state index is 0.0698. The van der Waals surface area contributed by atoms with Crippen LogP contribution >= 0.6 is 7.82 Å². The fraction of sp³-hybridized carbons (Fsp3) is 0.683. The van der Waals surface area contributed by atoms with Gasteiger partial charge in [0.2, 0.25) is 0 Å². The zero-order valence-corrected chi connectivity index (χ0v) is 34.2. The topological polar surface area (TPSA) is 204 Å². The number of nitriles is 1. The molecular formula is C41H64N5O9P. The first-order valence-electron chi connectivity index (χ1n) is 20.5. The van der Waals surface area contributed by atoms with Crippen molar-refractivity contribution in [1.82, 2.24) is 14.6 Å². The van der Waals surface area contributed by atoms with E-state index >= 15 is 0 Å². The van der Waals surface area contributed by atoms with Crippen molar-refractivity contribution in [3.05, 3.63) is 59.5 Å². The Morgan fingerprint density at radius 3 is 2.20 bits per heavy atom. The number of phosphoric ester groups is 1. The van der Waals surface area contributed by atoms with Crippen LogP contribution in [0, 0.1) is 11.3 Å². The standard InChI is InChI=1S/C41H64N5O9P/c1-3-4-5-6-7-8-9-10-11-12-13-14-15-16-17-20-25-51-28-34(52-27-33-22-19-18-21-32(33)26-42)29-53-56(49,50)54-30-36-38(47)39(48)41(2,55-36)37-24-23-35-40(43)44-31-45-46(35)37/h18-19,21-24,31,34,36,38-39,47-48H,3-17,20,25,27-30H2,1-2H3,(H,49,50)(H2,43,44,45)/t34-,36-,38-,39-,41+/m1/s1. The number of unbranched alkanes of at least 4 members (excludes halogenated alkanes) is 15. The van der Waals surface area contributed by atoms with E-state index in [0.29, 0.717) is 28.9 Å². The first-order chi connectivity index (χ1) is 27.1. The Balaban J connectivity index is 1.17. The van der Waals surface area contributed by atoms with E-state index in [1.807, 2.05) is 0 Å². The molecule has 0 aliphatic carbocycles. The van der Waals surface area contributed by atoms with Crippen LogP contribution in [0.3, 0.4) is 0 Å². The maximum Gasteiger partial charge on any atom is 0.472 e. The fourth-order valence-corrected chi connectivity index (χ4v) is 7.88. The number of phosphoric acid groups is 1. The Bertz CT molecular complexity index is 1670. The Morgan fingerprint density at radius 2 is 1.55 bits per heavy atom. The maximum absolute atomic E-state index is 13.0. The summed E-state index contributed by atoms with van der Waals surface area (Å²) >= 11 is 0. The minimum Gasteiger partial charge on any atom is -0.387 e. The Labute approximate surface area is 332 Å². The summed E-state index contributed by atoms with van der Waals surface area (Å²) in [6.45, 7) is 3.61.